The van der Waals surface area contributed by atoms with Crippen molar-refractivity contribution in [3.8, 4) is 11.8 Å². The number of primary amides is 1. The Morgan fingerprint density at radius 2 is 2.23 bits per heavy atom. The molecule has 0 aromatic heterocycles. The van der Waals surface area contributed by atoms with E-state index in [1.165, 1.54) is 6.08 Å². The molecule has 0 unspecified atom stereocenters. The monoisotopic (exact) mass is 365 g/mol. The molecule has 0 radical (unpaired) electrons. The van der Waals surface area contributed by atoms with E-state index in [-0.39, 0.29) is 11.7 Å². The number of nitrogens with one attached hydrogen (secondary N) is 1. The highest BCUT2D eigenvalue weighted by molar-refractivity contribution is 9.10. The fourth-order valence-corrected chi connectivity index (χ4v) is 1.99. The Kier molecular flexibility index (Phi) is 6.60. The van der Waals surface area contributed by atoms with Gasteiger partial charge in [0, 0.05) is 0 Å². The van der Waals surface area contributed by atoms with Gasteiger partial charge in [0.05, 0.1) is 10.6 Å². The van der Waals surface area contributed by atoms with Crippen LogP contribution in [0.1, 0.15) is 25.8 Å². The van der Waals surface area contributed by atoms with Gasteiger partial charge in [0.15, 0.2) is 0 Å². The van der Waals surface area contributed by atoms with Crippen LogP contribution in [0, 0.1) is 11.3 Å². The second-order valence-corrected chi connectivity index (χ2v) is 5.37. The molecule has 1 rings (SSSR count). The van der Waals surface area contributed by atoms with Crippen LogP contribution < -0.4 is 15.8 Å². The Hall–Kier alpha value is -2.33. The summed E-state index contributed by atoms with van der Waals surface area (Å²) in [4.78, 5) is 22.2. The Labute approximate surface area is 137 Å². The molecule has 0 spiro atoms. The lowest BCUT2D eigenvalue weighted by Crippen LogP contribution is -2.35. The van der Waals surface area contributed by atoms with Crippen LogP contribution in [0.15, 0.2) is 28.2 Å². The van der Waals surface area contributed by atoms with Crippen molar-refractivity contribution >= 4 is 33.9 Å². The van der Waals surface area contributed by atoms with Gasteiger partial charge in [-0.1, -0.05) is 13.0 Å². The van der Waals surface area contributed by atoms with Crippen LogP contribution in [-0.4, -0.2) is 18.0 Å². The summed E-state index contributed by atoms with van der Waals surface area (Å²) >= 11 is 3.38. The van der Waals surface area contributed by atoms with Crippen molar-refractivity contribution in [2.75, 3.05) is 0 Å². The zero-order valence-corrected chi connectivity index (χ0v) is 13.8. The summed E-state index contributed by atoms with van der Waals surface area (Å²) in [7, 11) is 0. The van der Waals surface area contributed by atoms with Crippen LogP contribution in [0.4, 0.5) is 4.79 Å². The maximum absolute atomic E-state index is 11.6. The molecule has 0 saturated carbocycles. The van der Waals surface area contributed by atoms with Gasteiger partial charge in [-0.25, -0.2) is 4.79 Å². The first kappa shape index (κ1) is 17.7. The van der Waals surface area contributed by atoms with Gasteiger partial charge in [-0.2, -0.15) is 5.26 Å². The number of nitrogens with two attached hydrogens (primary N) is 1. The lowest BCUT2D eigenvalue weighted by molar-refractivity contribution is -0.115. The van der Waals surface area contributed by atoms with E-state index in [1.807, 2.05) is 19.2 Å². The lowest BCUT2D eigenvalue weighted by Gasteiger charge is -2.14. The standard InChI is InChI=1S/C15H16BrN3O3/c1-3-9(2)22-13-5-4-10(7-12(13)16)6-11(8-17)14(20)19-15(18)21/h4-7,9H,3H2,1-2H3,(H3,18,19,20,21)/b11-6-/t9-/m1/s1. The van der Waals surface area contributed by atoms with Crippen molar-refractivity contribution in [1.29, 1.82) is 5.26 Å². The fourth-order valence-electron chi connectivity index (χ4n) is 1.50. The largest absolute Gasteiger partial charge is 0.490 e. The molecule has 0 aliphatic carbocycles. The number of hydrogen-bond donors (Lipinski definition) is 2. The number of hydrogen-bond acceptors (Lipinski definition) is 4. The molecule has 1 aromatic rings. The summed E-state index contributed by atoms with van der Waals surface area (Å²) in [6.07, 6.45) is 2.31. The fraction of sp³-hybridized carbons (Fsp3) is 0.267. The SMILES string of the molecule is CC[C@@H](C)Oc1ccc(/C=C(/C#N)C(=O)NC(N)=O)cc1Br. The van der Waals surface area contributed by atoms with Crippen LogP contribution in [0.2, 0.25) is 0 Å². The number of nitriles is 1. The van der Waals surface area contributed by atoms with Gasteiger partial charge in [-0.15, -0.1) is 0 Å². The average Bonchev–Trinajstić information content (AvgIpc) is 2.46. The molecule has 7 heteroatoms. The van der Waals surface area contributed by atoms with Crippen molar-refractivity contribution in [3.63, 3.8) is 0 Å². The summed E-state index contributed by atoms with van der Waals surface area (Å²) in [5.74, 6) is -0.169. The summed E-state index contributed by atoms with van der Waals surface area (Å²) in [5.41, 5.74) is 5.24. The summed E-state index contributed by atoms with van der Waals surface area (Å²) in [5, 5.41) is 10.8. The average molecular weight is 366 g/mol. The molecule has 3 amide bonds. The van der Waals surface area contributed by atoms with Gasteiger partial charge in [-0.3, -0.25) is 10.1 Å². The Bertz CT molecular complexity index is 650. The zero-order valence-electron chi connectivity index (χ0n) is 12.2. The molecule has 1 aromatic carbocycles. The third kappa shape index (κ3) is 5.22. The van der Waals surface area contributed by atoms with E-state index in [1.54, 1.807) is 24.3 Å². The van der Waals surface area contributed by atoms with E-state index in [9.17, 15) is 9.59 Å². The maximum atomic E-state index is 11.6. The van der Waals surface area contributed by atoms with Gasteiger partial charge in [-0.05, 0) is 53.0 Å². The molecule has 6 nitrogen and oxygen atoms in total. The molecule has 1 atom stereocenters. The molecule has 0 aliphatic heterocycles. The first-order valence-electron chi connectivity index (χ1n) is 6.56. The molecule has 0 saturated heterocycles. The number of urea groups is 1. The van der Waals surface area contributed by atoms with Crippen LogP contribution in [0.25, 0.3) is 6.08 Å². The van der Waals surface area contributed by atoms with Crippen molar-refractivity contribution in [2.45, 2.75) is 26.4 Å². The highest BCUT2D eigenvalue weighted by Gasteiger charge is 2.12. The number of benzene rings is 1. The number of imide groups is 1. The van der Waals surface area contributed by atoms with Crippen LogP contribution in [-0.2, 0) is 4.79 Å². The number of amides is 3. The first-order chi connectivity index (χ1) is 10.4. The predicted molar refractivity (Wildman–Crippen MR) is 85.8 cm³/mol. The third-order valence-corrected chi connectivity index (χ3v) is 3.39. The van der Waals surface area contributed by atoms with Crippen LogP contribution in [0.3, 0.4) is 0 Å². The molecule has 22 heavy (non-hydrogen) atoms. The highest BCUT2D eigenvalue weighted by Crippen LogP contribution is 2.28. The predicted octanol–water partition coefficient (Wildman–Crippen LogP) is 2.73. The molecular formula is C15H16BrN3O3. The van der Waals surface area contributed by atoms with E-state index < -0.39 is 11.9 Å². The smallest absolute Gasteiger partial charge is 0.319 e. The van der Waals surface area contributed by atoms with E-state index >= 15 is 0 Å². The number of carbonyl (C=O) groups is 2. The van der Waals surface area contributed by atoms with E-state index in [0.29, 0.717) is 15.8 Å². The molecule has 0 aliphatic rings. The Morgan fingerprint density at radius 3 is 2.73 bits per heavy atom. The van der Waals surface area contributed by atoms with Crippen LogP contribution >= 0.6 is 15.9 Å². The number of carbonyl (C=O) groups excluding carboxylic acids is 2. The minimum atomic E-state index is -1.01. The molecular weight excluding hydrogens is 350 g/mol. The number of rotatable bonds is 5. The minimum absolute atomic E-state index is 0.0775. The van der Waals surface area contributed by atoms with Crippen molar-refractivity contribution in [1.82, 2.24) is 5.32 Å². The highest BCUT2D eigenvalue weighted by atomic mass is 79.9. The summed E-state index contributed by atoms with van der Waals surface area (Å²) in [6.45, 7) is 3.98. The van der Waals surface area contributed by atoms with Crippen molar-refractivity contribution < 1.29 is 14.3 Å². The van der Waals surface area contributed by atoms with Gasteiger partial charge in [0.2, 0.25) is 0 Å². The van der Waals surface area contributed by atoms with Gasteiger partial charge >= 0.3 is 6.03 Å². The Balaban J connectivity index is 3.00. The van der Waals surface area contributed by atoms with Gasteiger partial charge < -0.3 is 10.5 Å². The molecule has 0 bridgehead atoms. The zero-order chi connectivity index (χ0) is 16.7. The number of ether oxygens (including phenoxy) is 1. The first-order valence-corrected chi connectivity index (χ1v) is 7.35. The normalized spacial score (nSPS) is 12.2. The van der Waals surface area contributed by atoms with E-state index in [0.717, 1.165) is 6.42 Å². The van der Waals surface area contributed by atoms with E-state index in [2.05, 4.69) is 15.9 Å². The third-order valence-electron chi connectivity index (χ3n) is 2.77. The second kappa shape index (κ2) is 8.20. The topological polar surface area (TPSA) is 105 Å². The van der Waals surface area contributed by atoms with Crippen LogP contribution in [0.5, 0.6) is 5.75 Å². The minimum Gasteiger partial charge on any atom is -0.490 e. The molecule has 116 valence electrons. The molecule has 3 N–H and O–H groups in total. The molecule has 0 fully saturated rings. The number of halogens is 1. The second-order valence-electron chi connectivity index (χ2n) is 4.51. The summed E-state index contributed by atoms with van der Waals surface area (Å²) in [6, 6.07) is 5.88. The Morgan fingerprint density at radius 1 is 1.55 bits per heavy atom. The quantitative estimate of drug-likeness (QED) is 0.617. The van der Waals surface area contributed by atoms with Gasteiger partial charge in [0.25, 0.3) is 5.91 Å². The van der Waals surface area contributed by atoms with Crippen molar-refractivity contribution in [3.05, 3.63) is 33.8 Å². The molecule has 0 heterocycles. The lowest BCUT2D eigenvalue weighted by atomic mass is 10.1. The maximum Gasteiger partial charge on any atom is 0.319 e. The van der Waals surface area contributed by atoms with E-state index in [4.69, 9.17) is 15.7 Å². The number of nitrogens with zero attached hydrogens (tertiary/aromatic N) is 1. The van der Waals surface area contributed by atoms with Gasteiger partial charge in [0.1, 0.15) is 17.4 Å². The summed E-state index contributed by atoms with van der Waals surface area (Å²) < 4.78 is 6.41. The van der Waals surface area contributed by atoms with Crippen molar-refractivity contribution in [2.24, 2.45) is 5.73 Å².